The van der Waals surface area contributed by atoms with Crippen LogP contribution in [0.3, 0.4) is 0 Å². The molecule has 30 heavy (non-hydrogen) atoms. The maximum atomic E-state index is 14.0. The highest BCUT2D eigenvalue weighted by Gasteiger charge is 2.11. The zero-order chi connectivity index (χ0) is 21.8. The highest BCUT2D eigenvalue weighted by Crippen LogP contribution is 2.21. The van der Waals surface area contributed by atoms with Gasteiger partial charge in [-0.2, -0.15) is 0 Å². The maximum Gasteiger partial charge on any atom is 0.129 e. The number of halogens is 3. The Bertz CT molecular complexity index is 710. The highest BCUT2D eigenvalue weighted by molar-refractivity contribution is 6.39. The van der Waals surface area contributed by atoms with Gasteiger partial charge in [0.2, 0.25) is 0 Å². The van der Waals surface area contributed by atoms with Gasteiger partial charge >= 0.3 is 0 Å². The van der Waals surface area contributed by atoms with Crippen LogP contribution < -0.4 is 5.32 Å². The molecule has 0 saturated carbocycles. The van der Waals surface area contributed by atoms with E-state index in [1.165, 1.54) is 18.2 Å². The Labute approximate surface area is 184 Å². The summed E-state index contributed by atoms with van der Waals surface area (Å²) in [6.45, 7) is 6.07. The fourth-order valence-electron chi connectivity index (χ4n) is 3.77. The van der Waals surface area contributed by atoms with Crippen molar-refractivity contribution in [3.05, 3.63) is 58.8 Å². The number of rotatable bonds is 8. The number of hydrogen-bond donors (Lipinski definition) is 1. The Balaban J connectivity index is 1.75. The average molecular weight is 438 g/mol. The number of hydrogen-bond acceptors (Lipinski definition) is 3. The third-order valence-corrected chi connectivity index (χ3v) is 5.64. The van der Waals surface area contributed by atoms with Crippen LogP contribution in [-0.2, 0) is 12.8 Å². The minimum Gasteiger partial charge on any atom is -0.366 e. The Hall–Kier alpha value is -1.72. The average Bonchev–Trinajstić information content (AvgIpc) is 2.69. The van der Waals surface area contributed by atoms with Crippen LogP contribution in [-0.4, -0.2) is 37.9 Å². The molecule has 1 aliphatic heterocycles. The molecule has 0 aliphatic carbocycles. The van der Waals surface area contributed by atoms with Gasteiger partial charge in [0.25, 0.3) is 0 Å². The van der Waals surface area contributed by atoms with E-state index in [1.54, 1.807) is 6.21 Å². The van der Waals surface area contributed by atoms with Crippen LogP contribution in [0.4, 0.5) is 8.78 Å². The van der Waals surface area contributed by atoms with Crippen molar-refractivity contribution < 1.29 is 8.78 Å². The van der Waals surface area contributed by atoms with Gasteiger partial charge in [0.1, 0.15) is 11.6 Å². The number of nitrogens with zero attached hydrogens (tertiary/aromatic N) is 2. The van der Waals surface area contributed by atoms with Crippen molar-refractivity contribution in [2.75, 3.05) is 26.8 Å². The lowest BCUT2D eigenvalue weighted by atomic mass is 9.93. The summed E-state index contributed by atoms with van der Waals surface area (Å²) in [5, 5.41) is 4.09. The molecule has 2 rings (SSSR count). The summed E-state index contributed by atoms with van der Waals surface area (Å²) >= 11 is 6.15. The minimum atomic E-state index is -0.466. The van der Waals surface area contributed by atoms with Gasteiger partial charge in [-0.05, 0) is 62.3 Å². The van der Waals surface area contributed by atoms with Crippen molar-refractivity contribution in [1.82, 2.24) is 10.2 Å². The molecule has 1 heterocycles. The minimum absolute atomic E-state index is 0.107. The fourth-order valence-corrected chi connectivity index (χ4v) is 4.01. The number of nitrogens with one attached hydrogen (secondary N) is 1. The summed E-state index contributed by atoms with van der Waals surface area (Å²) in [4.78, 5) is 6.46. The van der Waals surface area contributed by atoms with Crippen LogP contribution in [0.1, 0.15) is 49.7 Å². The Morgan fingerprint density at radius 2 is 2.00 bits per heavy atom. The second kappa shape index (κ2) is 13.6. The second-order valence-corrected chi connectivity index (χ2v) is 8.47. The zero-order valence-electron chi connectivity index (χ0n) is 18.0. The Morgan fingerprint density at radius 1 is 1.23 bits per heavy atom. The number of benzene rings is 1. The monoisotopic (exact) mass is 437 g/mol. The molecule has 0 amide bonds. The molecule has 1 aliphatic rings. The molecule has 0 aromatic heterocycles. The van der Waals surface area contributed by atoms with E-state index in [1.807, 2.05) is 18.1 Å². The van der Waals surface area contributed by atoms with Crippen molar-refractivity contribution in [2.45, 2.75) is 51.4 Å². The van der Waals surface area contributed by atoms with Crippen LogP contribution in [0, 0.1) is 17.6 Å². The van der Waals surface area contributed by atoms with E-state index >= 15 is 0 Å². The standard InChI is InChI=1S/C24H34ClF2N3/c1-3-7-22-23(26)14-20(15-24(22)27)9-6-4-5-8-19-10-12-28-16-21(25)17-30(2)18-29-13-11-19/h3,14-17,19,29H,1,4-13,18H2,2H3/b21-17+,28-16?. The first-order valence-electron chi connectivity index (χ1n) is 10.9. The molecule has 0 bridgehead atoms. The molecular weight excluding hydrogens is 404 g/mol. The van der Waals surface area contributed by atoms with Crippen LogP contribution in [0.25, 0.3) is 0 Å². The van der Waals surface area contributed by atoms with Crippen LogP contribution in [0.2, 0.25) is 0 Å². The third kappa shape index (κ3) is 8.97. The van der Waals surface area contributed by atoms with Crippen LogP contribution in [0.15, 0.2) is 41.0 Å². The lowest BCUT2D eigenvalue weighted by molar-refractivity contribution is 0.360. The summed E-state index contributed by atoms with van der Waals surface area (Å²) in [7, 11) is 1.98. The third-order valence-electron chi connectivity index (χ3n) is 5.44. The van der Waals surface area contributed by atoms with Gasteiger partial charge in [0.05, 0.1) is 11.7 Å². The first kappa shape index (κ1) is 24.5. The quantitative estimate of drug-likeness (QED) is 0.409. The second-order valence-electron chi connectivity index (χ2n) is 8.04. The van der Waals surface area contributed by atoms with Crippen molar-refractivity contribution in [3.8, 4) is 0 Å². The highest BCUT2D eigenvalue weighted by atomic mass is 35.5. The van der Waals surface area contributed by atoms with Crippen molar-refractivity contribution in [1.29, 1.82) is 0 Å². The predicted octanol–water partition coefficient (Wildman–Crippen LogP) is 5.84. The Kier molecular flexibility index (Phi) is 11.1. The molecule has 166 valence electrons. The molecule has 1 aromatic carbocycles. The molecule has 0 saturated heterocycles. The van der Waals surface area contributed by atoms with Crippen molar-refractivity contribution in [2.24, 2.45) is 10.9 Å². The normalized spacial score (nSPS) is 20.2. The van der Waals surface area contributed by atoms with Gasteiger partial charge in [-0.1, -0.05) is 36.9 Å². The summed E-state index contributed by atoms with van der Waals surface area (Å²) in [5.74, 6) is -0.311. The fraction of sp³-hybridized carbons (Fsp3) is 0.542. The molecule has 1 N–H and O–H groups in total. The maximum absolute atomic E-state index is 14.0. The first-order valence-corrected chi connectivity index (χ1v) is 11.2. The molecular formula is C24H34ClF2N3. The molecule has 0 spiro atoms. The van der Waals surface area contributed by atoms with Crippen LogP contribution in [0.5, 0.6) is 0 Å². The Morgan fingerprint density at radius 3 is 2.73 bits per heavy atom. The molecule has 6 heteroatoms. The van der Waals surface area contributed by atoms with E-state index in [9.17, 15) is 8.78 Å². The predicted molar refractivity (Wildman–Crippen MR) is 123 cm³/mol. The molecule has 1 aromatic rings. The molecule has 0 fully saturated rings. The lowest BCUT2D eigenvalue weighted by Gasteiger charge is -2.20. The summed E-state index contributed by atoms with van der Waals surface area (Å²) in [5.41, 5.74) is 0.840. The zero-order valence-corrected chi connectivity index (χ0v) is 18.7. The number of allylic oxidation sites excluding steroid dienone is 2. The summed E-state index contributed by atoms with van der Waals surface area (Å²) < 4.78 is 28.1. The summed E-state index contributed by atoms with van der Waals surface area (Å²) in [6, 6.07) is 2.93. The molecule has 1 unspecified atom stereocenters. The van der Waals surface area contributed by atoms with Crippen LogP contribution >= 0.6 is 11.6 Å². The molecule has 3 nitrogen and oxygen atoms in total. The van der Waals surface area contributed by atoms with Gasteiger partial charge in [0.15, 0.2) is 0 Å². The van der Waals surface area contributed by atoms with Gasteiger partial charge in [0, 0.05) is 31.6 Å². The van der Waals surface area contributed by atoms with E-state index in [4.69, 9.17) is 11.6 Å². The molecule has 0 radical (unpaired) electrons. The number of aliphatic imine (C=N–C) groups is 1. The van der Waals surface area contributed by atoms with Gasteiger partial charge < -0.3 is 4.90 Å². The van der Waals surface area contributed by atoms with E-state index in [-0.39, 0.29) is 12.0 Å². The topological polar surface area (TPSA) is 27.6 Å². The lowest BCUT2D eigenvalue weighted by Crippen LogP contribution is -2.29. The van der Waals surface area contributed by atoms with E-state index < -0.39 is 11.6 Å². The SMILES string of the molecule is C=CCc1c(F)cc(CCCCCC2CCN=C/C(Cl)=C\N(C)CNCC2)cc1F. The van der Waals surface area contributed by atoms with Gasteiger partial charge in [-0.15, -0.1) is 6.58 Å². The number of unbranched alkanes of at least 4 members (excludes halogenated alkanes) is 2. The van der Waals surface area contributed by atoms with Gasteiger partial charge in [-0.25, -0.2) is 8.78 Å². The van der Waals surface area contributed by atoms with Gasteiger partial charge in [-0.3, -0.25) is 10.3 Å². The van der Waals surface area contributed by atoms with Crippen molar-refractivity contribution >= 4 is 17.8 Å². The van der Waals surface area contributed by atoms with E-state index in [0.29, 0.717) is 17.4 Å². The smallest absolute Gasteiger partial charge is 0.129 e. The molecule has 1 atom stereocenters. The first-order chi connectivity index (χ1) is 14.5. The van der Waals surface area contributed by atoms with E-state index in [0.717, 1.165) is 63.8 Å². The van der Waals surface area contributed by atoms with Crippen molar-refractivity contribution in [3.63, 3.8) is 0 Å². The van der Waals surface area contributed by atoms with E-state index in [2.05, 4.69) is 16.9 Å². The number of aryl methyl sites for hydroxylation is 1. The summed E-state index contributed by atoms with van der Waals surface area (Å²) in [6.07, 6.45) is 12.5. The largest absolute Gasteiger partial charge is 0.366 e.